The Bertz CT molecular complexity index is 806. The number of rotatable bonds is 3. The Hall–Kier alpha value is -2.02. The summed E-state index contributed by atoms with van der Waals surface area (Å²) in [7, 11) is 0. The Balaban J connectivity index is 1.57. The molecule has 23 heavy (non-hydrogen) atoms. The average Bonchev–Trinajstić information content (AvgIpc) is 3.18. The number of benzene rings is 1. The lowest BCUT2D eigenvalue weighted by atomic mass is 9.79. The molecule has 1 aromatic carbocycles. The SMILES string of the molecule is O=C(O)[C@H]1[C@@H]2CC[C@@H](C2)[C@@H]1C(=O)Nc1nc2ccc(F)cc2s1. The number of carbonyl (C=O) groups excluding carboxylic acids is 1. The van der Waals surface area contributed by atoms with Gasteiger partial charge in [0.25, 0.3) is 0 Å². The third kappa shape index (κ3) is 2.39. The molecule has 5 nitrogen and oxygen atoms in total. The summed E-state index contributed by atoms with van der Waals surface area (Å²) in [4.78, 5) is 28.4. The van der Waals surface area contributed by atoms with Crippen molar-refractivity contribution in [2.45, 2.75) is 19.3 Å². The molecular formula is C16H15FN2O3S. The van der Waals surface area contributed by atoms with E-state index in [4.69, 9.17) is 0 Å². The number of hydrogen-bond acceptors (Lipinski definition) is 4. The fourth-order valence-electron chi connectivity index (χ4n) is 4.16. The van der Waals surface area contributed by atoms with E-state index in [0.717, 1.165) is 19.3 Å². The number of carboxylic acid groups (broad SMARTS) is 1. The molecule has 0 radical (unpaired) electrons. The molecule has 2 saturated carbocycles. The van der Waals surface area contributed by atoms with Gasteiger partial charge in [-0.15, -0.1) is 0 Å². The molecule has 1 heterocycles. The molecule has 0 aliphatic heterocycles. The van der Waals surface area contributed by atoms with Gasteiger partial charge in [-0.1, -0.05) is 11.3 Å². The highest BCUT2D eigenvalue weighted by Crippen LogP contribution is 2.52. The lowest BCUT2D eigenvalue weighted by molar-refractivity contribution is -0.148. The number of aromatic nitrogens is 1. The topological polar surface area (TPSA) is 79.3 Å². The van der Waals surface area contributed by atoms with Crippen molar-refractivity contribution in [3.8, 4) is 0 Å². The van der Waals surface area contributed by atoms with Crippen LogP contribution in [-0.2, 0) is 9.59 Å². The van der Waals surface area contributed by atoms with Crippen molar-refractivity contribution in [1.29, 1.82) is 0 Å². The van der Waals surface area contributed by atoms with Crippen molar-refractivity contribution >= 4 is 38.6 Å². The highest BCUT2D eigenvalue weighted by Gasteiger charge is 2.54. The van der Waals surface area contributed by atoms with Crippen molar-refractivity contribution in [1.82, 2.24) is 4.98 Å². The predicted octanol–water partition coefficient (Wildman–Crippen LogP) is 3.12. The maximum absolute atomic E-state index is 13.2. The van der Waals surface area contributed by atoms with Crippen LogP contribution in [0.25, 0.3) is 10.2 Å². The Morgan fingerprint density at radius 3 is 2.74 bits per heavy atom. The molecule has 0 spiro atoms. The van der Waals surface area contributed by atoms with Gasteiger partial charge in [-0.2, -0.15) is 0 Å². The Morgan fingerprint density at radius 1 is 1.26 bits per heavy atom. The molecule has 4 rings (SSSR count). The van der Waals surface area contributed by atoms with E-state index in [1.165, 1.54) is 23.5 Å². The number of carbonyl (C=O) groups is 2. The van der Waals surface area contributed by atoms with Crippen LogP contribution in [0.15, 0.2) is 18.2 Å². The minimum Gasteiger partial charge on any atom is -0.481 e. The number of thiazole rings is 1. The first-order valence-electron chi connectivity index (χ1n) is 7.62. The minimum absolute atomic E-state index is 0.109. The number of hydrogen-bond donors (Lipinski definition) is 2. The summed E-state index contributed by atoms with van der Waals surface area (Å²) in [6.07, 6.45) is 2.63. The normalized spacial score (nSPS) is 29.1. The Kier molecular flexibility index (Phi) is 3.33. The predicted molar refractivity (Wildman–Crippen MR) is 83.7 cm³/mol. The molecule has 2 fully saturated rings. The number of amides is 1. The molecule has 1 aromatic heterocycles. The Morgan fingerprint density at radius 2 is 2.00 bits per heavy atom. The smallest absolute Gasteiger partial charge is 0.307 e. The van der Waals surface area contributed by atoms with Crippen LogP contribution < -0.4 is 5.32 Å². The van der Waals surface area contributed by atoms with Crippen molar-refractivity contribution in [2.24, 2.45) is 23.7 Å². The first-order valence-corrected chi connectivity index (χ1v) is 8.44. The van der Waals surface area contributed by atoms with E-state index in [0.29, 0.717) is 15.3 Å². The van der Waals surface area contributed by atoms with E-state index >= 15 is 0 Å². The number of halogens is 1. The second-order valence-electron chi connectivity index (χ2n) is 6.34. The fraction of sp³-hybridized carbons (Fsp3) is 0.438. The van der Waals surface area contributed by atoms with Gasteiger partial charge in [0.1, 0.15) is 5.82 Å². The van der Waals surface area contributed by atoms with Gasteiger partial charge in [0.15, 0.2) is 5.13 Å². The molecule has 120 valence electrons. The molecule has 2 aliphatic carbocycles. The van der Waals surface area contributed by atoms with Gasteiger partial charge in [0.05, 0.1) is 22.1 Å². The van der Waals surface area contributed by atoms with Crippen LogP contribution in [0.3, 0.4) is 0 Å². The zero-order chi connectivity index (χ0) is 16.1. The first-order chi connectivity index (χ1) is 11.0. The maximum Gasteiger partial charge on any atom is 0.307 e. The minimum atomic E-state index is -0.885. The van der Waals surface area contributed by atoms with Crippen LogP contribution in [0.2, 0.25) is 0 Å². The summed E-state index contributed by atoms with van der Waals surface area (Å²) in [5, 5.41) is 12.6. The summed E-state index contributed by atoms with van der Waals surface area (Å²) in [5.74, 6) is -2.34. The number of anilines is 1. The van der Waals surface area contributed by atoms with Crippen molar-refractivity contribution in [3.63, 3.8) is 0 Å². The van der Waals surface area contributed by atoms with E-state index in [-0.39, 0.29) is 23.6 Å². The molecule has 7 heteroatoms. The van der Waals surface area contributed by atoms with Crippen molar-refractivity contribution < 1.29 is 19.1 Å². The molecule has 2 N–H and O–H groups in total. The van der Waals surface area contributed by atoms with Crippen LogP contribution in [0.5, 0.6) is 0 Å². The summed E-state index contributed by atoms with van der Waals surface area (Å²) >= 11 is 1.20. The zero-order valence-electron chi connectivity index (χ0n) is 12.2. The van der Waals surface area contributed by atoms with Gasteiger partial charge < -0.3 is 10.4 Å². The van der Waals surface area contributed by atoms with Crippen LogP contribution >= 0.6 is 11.3 Å². The lowest BCUT2D eigenvalue weighted by Gasteiger charge is -2.26. The van der Waals surface area contributed by atoms with E-state index in [1.807, 2.05) is 0 Å². The van der Waals surface area contributed by atoms with Gasteiger partial charge in [0, 0.05) is 0 Å². The van der Waals surface area contributed by atoms with Gasteiger partial charge in [0.2, 0.25) is 5.91 Å². The van der Waals surface area contributed by atoms with E-state index in [2.05, 4.69) is 10.3 Å². The van der Waals surface area contributed by atoms with E-state index < -0.39 is 17.8 Å². The second kappa shape index (κ2) is 5.26. The third-order valence-corrected chi connectivity index (χ3v) is 6.02. The first kappa shape index (κ1) is 14.6. The molecule has 0 unspecified atom stereocenters. The summed E-state index contributed by atoms with van der Waals surface area (Å²) in [5.41, 5.74) is 0.620. The molecule has 4 atom stereocenters. The largest absolute Gasteiger partial charge is 0.481 e. The highest BCUT2D eigenvalue weighted by atomic mass is 32.1. The van der Waals surface area contributed by atoms with E-state index in [1.54, 1.807) is 6.07 Å². The highest BCUT2D eigenvalue weighted by molar-refractivity contribution is 7.22. The molecule has 2 aromatic rings. The monoisotopic (exact) mass is 334 g/mol. The van der Waals surface area contributed by atoms with Gasteiger partial charge in [-0.3, -0.25) is 9.59 Å². The molecule has 1 amide bonds. The summed E-state index contributed by atoms with van der Waals surface area (Å²) in [6, 6.07) is 4.26. The number of aliphatic carboxylic acids is 1. The lowest BCUT2D eigenvalue weighted by Crippen LogP contribution is -2.37. The standard InChI is InChI=1S/C16H15FN2O3S/c17-9-3-4-10-11(6-9)23-16(18-10)19-14(20)12-7-1-2-8(5-7)13(12)15(21)22/h3-4,6-8,12-13H,1-2,5H2,(H,21,22)(H,18,19,20)/t7-,8+,12-,13-/m0/s1. The van der Waals surface area contributed by atoms with Gasteiger partial charge in [-0.05, 0) is 49.3 Å². The Labute approximate surface area is 135 Å². The summed E-state index contributed by atoms with van der Waals surface area (Å²) in [6.45, 7) is 0. The second-order valence-corrected chi connectivity index (χ2v) is 7.37. The van der Waals surface area contributed by atoms with Gasteiger partial charge >= 0.3 is 5.97 Å². The average molecular weight is 334 g/mol. The van der Waals surface area contributed by atoms with E-state index in [9.17, 15) is 19.1 Å². The fourth-order valence-corrected chi connectivity index (χ4v) is 5.06. The third-order valence-electron chi connectivity index (χ3n) is 5.08. The summed E-state index contributed by atoms with van der Waals surface area (Å²) < 4.78 is 13.9. The van der Waals surface area contributed by atoms with Crippen molar-refractivity contribution in [3.05, 3.63) is 24.0 Å². The quantitative estimate of drug-likeness (QED) is 0.904. The number of fused-ring (bicyclic) bond motifs is 3. The van der Waals surface area contributed by atoms with Crippen molar-refractivity contribution in [2.75, 3.05) is 5.32 Å². The number of nitrogens with one attached hydrogen (secondary N) is 1. The van der Waals surface area contributed by atoms with Crippen LogP contribution in [-0.4, -0.2) is 22.0 Å². The van der Waals surface area contributed by atoms with Crippen LogP contribution in [0.1, 0.15) is 19.3 Å². The van der Waals surface area contributed by atoms with Gasteiger partial charge in [-0.25, -0.2) is 9.37 Å². The van der Waals surface area contributed by atoms with Crippen LogP contribution in [0, 0.1) is 29.5 Å². The number of nitrogens with zero attached hydrogens (tertiary/aromatic N) is 1. The van der Waals surface area contributed by atoms with Crippen LogP contribution in [0.4, 0.5) is 9.52 Å². The molecular weight excluding hydrogens is 319 g/mol. The zero-order valence-corrected chi connectivity index (χ0v) is 13.0. The number of carboxylic acids is 1. The maximum atomic E-state index is 13.2. The molecule has 2 bridgehead atoms. The molecule has 0 saturated heterocycles. The molecule has 2 aliphatic rings.